The lowest BCUT2D eigenvalue weighted by Crippen LogP contribution is -2.50. The predicted octanol–water partition coefficient (Wildman–Crippen LogP) is 2.79. The number of carbonyl (C=O) groups is 2. The zero-order valence-electron chi connectivity index (χ0n) is 13.1. The normalized spacial score (nSPS) is 21.8. The third kappa shape index (κ3) is 3.50. The van der Waals surface area contributed by atoms with Crippen LogP contribution in [0.1, 0.15) is 40.9 Å². The topological polar surface area (TPSA) is 66.8 Å². The largest absolute Gasteiger partial charge is 0.481 e. The Labute approximate surface area is 134 Å². The molecule has 0 radical (unpaired) electrons. The van der Waals surface area contributed by atoms with Crippen molar-refractivity contribution in [3.8, 4) is 0 Å². The molecule has 0 aromatic carbocycles. The van der Waals surface area contributed by atoms with E-state index in [2.05, 4.69) is 0 Å². The first-order chi connectivity index (χ1) is 10.5. The van der Waals surface area contributed by atoms with E-state index in [1.807, 2.05) is 18.4 Å². The summed E-state index contributed by atoms with van der Waals surface area (Å²) < 4.78 is 5.03. The summed E-state index contributed by atoms with van der Waals surface area (Å²) in [6.45, 7) is 3.39. The van der Waals surface area contributed by atoms with E-state index >= 15 is 0 Å². The van der Waals surface area contributed by atoms with Crippen molar-refractivity contribution < 1.29 is 19.4 Å². The van der Waals surface area contributed by atoms with Crippen LogP contribution in [0.15, 0.2) is 11.4 Å². The van der Waals surface area contributed by atoms with Gasteiger partial charge in [-0.05, 0) is 49.6 Å². The number of hydrogen-bond donors (Lipinski definition) is 1. The number of aliphatic carboxylic acids is 1. The molecule has 2 rings (SSSR count). The fourth-order valence-electron chi connectivity index (χ4n) is 3.08. The number of likely N-dealkylation sites (tertiary alicyclic amines) is 1. The molecule has 122 valence electrons. The summed E-state index contributed by atoms with van der Waals surface area (Å²) in [4.78, 5) is 26.9. The second kappa shape index (κ2) is 7.24. The quantitative estimate of drug-likeness (QED) is 0.817. The highest BCUT2D eigenvalue weighted by atomic mass is 32.1. The molecule has 1 fully saturated rings. The minimum atomic E-state index is -0.836. The molecule has 1 aliphatic heterocycles. The first kappa shape index (κ1) is 17.0. The van der Waals surface area contributed by atoms with Crippen LogP contribution < -0.4 is 0 Å². The molecule has 1 saturated heterocycles. The lowest BCUT2D eigenvalue weighted by molar-refractivity contribution is -0.152. The highest BCUT2D eigenvalue weighted by molar-refractivity contribution is 7.12. The number of carboxylic acid groups (broad SMARTS) is 1. The summed E-state index contributed by atoms with van der Waals surface area (Å²) in [6.07, 6.45) is 2.60. The summed E-state index contributed by atoms with van der Waals surface area (Å²) in [6, 6.07) is 1.92. The first-order valence-corrected chi connectivity index (χ1v) is 8.44. The number of thiophene rings is 1. The minimum absolute atomic E-state index is 0.0374. The van der Waals surface area contributed by atoms with Gasteiger partial charge in [0.05, 0.1) is 10.3 Å². The average Bonchev–Trinajstić information content (AvgIpc) is 2.93. The van der Waals surface area contributed by atoms with Gasteiger partial charge < -0.3 is 14.7 Å². The van der Waals surface area contributed by atoms with Gasteiger partial charge in [0.2, 0.25) is 0 Å². The van der Waals surface area contributed by atoms with Crippen molar-refractivity contribution in [1.29, 1.82) is 0 Å². The molecule has 0 bridgehead atoms. The van der Waals surface area contributed by atoms with Crippen molar-refractivity contribution >= 4 is 23.2 Å². The molecular formula is C16H23NO4S. The maximum absolute atomic E-state index is 12.6. The Balaban J connectivity index is 2.13. The van der Waals surface area contributed by atoms with Gasteiger partial charge in [-0.25, -0.2) is 0 Å². The summed E-state index contributed by atoms with van der Waals surface area (Å²) in [7, 11) is 1.61. The lowest BCUT2D eigenvalue weighted by Gasteiger charge is -2.40. The molecule has 1 atom stereocenters. The summed E-state index contributed by atoms with van der Waals surface area (Å²) >= 11 is 1.42. The van der Waals surface area contributed by atoms with Crippen LogP contribution in [0.2, 0.25) is 0 Å². The fourth-order valence-corrected chi connectivity index (χ4v) is 3.97. The van der Waals surface area contributed by atoms with Gasteiger partial charge in [-0.3, -0.25) is 9.59 Å². The molecular weight excluding hydrogens is 302 g/mol. The second-order valence-electron chi connectivity index (χ2n) is 5.94. The Morgan fingerprint density at radius 2 is 2.27 bits per heavy atom. The highest BCUT2D eigenvalue weighted by Gasteiger charge is 2.43. The first-order valence-electron chi connectivity index (χ1n) is 7.56. The Bertz CT molecular complexity index is 542. The Kier molecular flexibility index (Phi) is 5.58. The van der Waals surface area contributed by atoms with E-state index in [4.69, 9.17) is 4.74 Å². The number of aryl methyl sites for hydroxylation is 1. The molecule has 2 heterocycles. The molecule has 6 heteroatoms. The van der Waals surface area contributed by atoms with Crippen LogP contribution in [0, 0.1) is 12.3 Å². The van der Waals surface area contributed by atoms with Crippen LogP contribution in [-0.2, 0) is 9.53 Å². The average molecular weight is 325 g/mol. The van der Waals surface area contributed by atoms with E-state index in [0.717, 1.165) is 16.9 Å². The number of nitrogens with zero attached hydrogens (tertiary/aromatic N) is 1. The maximum Gasteiger partial charge on any atom is 0.311 e. The molecule has 5 nitrogen and oxygen atoms in total. The molecule has 1 amide bonds. The predicted molar refractivity (Wildman–Crippen MR) is 85.4 cm³/mol. The van der Waals surface area contributed by atoms with Crippen molar-refractivity contribution in [2.45, 2.75) is 32.6 Å². The molecule has 1 aliphatic rings. The summed E-state index contributed by atoms with van der Waals surface area (Å²) in [5, 5.41) is 11.6. The van der Waals surface area contributed by atoms with Gasteiger partial charge >= 0.3 is 5.97 Å². The van der Waals surface area contributed by atoms with Crippen LogP contribution in [0.5, 0.6) is 0 Å². The number of piperidine rings is 1. The van der Waals surface area contributed by atoms with Crippen LogP contribution in [-0.4, -0.2) is 48.7 Å². The summed E-state index contributed by atoms with van der Waals surface area (Å²) in [5.74, 6) is -0.839. The van der Waals surface area contributed by atoms with E-state index in [9.17, 15) is 14.7 Å². The Morgan fingerprint density at radius 1 is 1.50 bits per heavy atom. The zero-order chi connectivity index (χ0) is 16.2. The van der Waals surface area contributed by atoms with Crippen LogP contribution in [0.4, 0.5) is 0 Å². The molecule has 0 unspecified atom stereocenters. The number of methoxy groups -OCH3 is 1. The number of ether oxygens (including phenoxy) is 1. The standard InChI is InChI=1S/C16H23NO4S/c1-12-5-10-22-13(12)14(18)17-8-3-6-16(11-17,15(19)20)7-4-9-21-2/h5,10H,3-4,6-9,11H2,1-2H3,(H,19,20)/t16-/m1/s1. The van der Waals surface area contributed by atoms with E-state index in [0.29, 0.717) is 39.0 Å². The number of amides is 1. The number of hydrogen-bond acceptors (Lipinski definition) is 4. The van der Waals surface area contributed by atoms with Gasteiger partial charge in [0.15, 0.2) is 0 Å². The molecule has 0 spiro atoms. The van der Waals surface area contributed by atoms with E-state index in [-0.39, 0.29) is 5.91 Å². The van der Waals surface area contributed by atoms with E-state index < -0.39 is 11.4 Å². The van der Waals surface area contributed by atoms with Gasteiger partial charge in [0, 0.05) is 26.8 Å². The smallest absolute Gasteiger partial charge is 0.311 e. The molecule has 1 aromatic rings. The van der Waals surface area contributed by atoms with Crippen LogP contribution >= 0.6 is 11.3 Å². The molecule has 22 heavy (non-hydrogen) atoms. The molecule has 1 aromatic heterocycles. The van der Waals surface area contributed by atoms with Crippen molar-refractivity contribution in [3.63, 3.8) is 0 Å². The maximum atomic E-state index is 12.6. The van der Waals surface area contributed by atoms with Gasteiger partial charge in [-0.15, -0.1) is 11.3 Å². The second-order valence-corrected chi connectivity index (χ2v) is 6.86. The zero-order valence-corrected chi connectivity index (χ0v) is 13.9. The SMILES string of the molecule is COCCC[C@]1(C(=O)O)CCCN(C(=O)c2sccc2C)C1. The number of carbonyl (C=O) groups excluding carboxylic acids is 1. The van der Waals surface area contributed by atoms with Crippen LogP contribution in [0.3, 0.4) is 0 Å². The Hall–Kier alpha value is -1.40. The van der Waals surface area contributed by atoms with Crippen LogP contribution in [0.25, 0.3) is 0 Å². The van der Waals surface area contributed by atoms with Gasteiger partial charge in [0.1, 0.15) is 0 Å². The fraction of sp³-hybridized carbons (Fsp3) is 0.625. The van der Waals surface area contributed by atoms with Gasteiger partial charge in [-0.1, -0.05) is 0 Å². The van der Waals surface area contributed by atoms with Crippen molar-refractivity contribution in [1.82, 2.24) is 4.90 Å². The number of carboxylic acids is 1. The van der Waals surface area contributed by atoms with Crippen molar-refractivity contribution in [2.24, 2.45) is 5.41 Å². The van der Waals surface area contributed by atoms with Crippen molar-refractivity contribution in [2.75, 3.05) is 26.8 Å². The Morgan fingerprint density at radius 3 is 2.86 bits per heavy atom. The minimum Gasteiger partial charge on any atom is -0.481 e. The highest BCUT2D eigenvalue weighted by Crippen LogP contribution is 2.36. The summed E-state index contributed by atoms with van der Waals surface area (Å²) in [5.41, 5.74) is 0.123. The van der Waals surface area contributed by atoms with Crippen molar-refractivity contribution in [3.05, 3.63) is 21.9 Å². The van der Waals surface area contributed by atoms with Gasteiger partial charge in [0.25, 0.3) is 5.91 Å². The van der Waals surface area contributed by atoms with E-state index in [1.165, 1.54) is 11.3 Å². The van der Waals surface area contributed by atoms with Gasteiger partial charge in [-0.2, -0.15) is 0 Å². The molecule has 1 N–H and O–H groups in total. The number of rotatable bonds is 6. The molecule has 0 saturated carbocycles. The van der Waals surface area contributed by atoms with E-state index in [1.54, 1.807) is 12.0 Å². The third-order valence-corrected chi connectivity index (χ3v) is 5.38. The molecule has 0 aliphatic carbocycles. The monoisotopic (exact) mass is 325 g/mol. The lowest BCUT2D eigenvalue weighted by atomic mass is 9.76. The third-order valence-electron chi connectivity index (χ3n) is 4.38.